The van der Waals surface area contributed by atoms with Gasteiger partial charge < -0.3 is 9.26 Å². The molecule has 0 spiro atoms. The Labute approximate surface area is 120 Å². The van der Waals surface area contributed by atoms with E-state index >= 15 is 0 Å². The Morgan fingerprint density at radius 1 is 1.38 bits per heavy atom. The van der Waals surface area contributed by atoms with E-state index < -0.39 is 0 Å². The largest absolute Gasteiger partial charge is 0.377 e. The van der Waals surface area contributed by atoms with Crippen LogP contribution < -0.4 is 5.56 Å². The fraction of sp³-hybridized carbons (Fsp3) is 0.286. The molecule has 0 fully saturated rings. The second kappa shape index (κ2) is 5.45. The van der Waals surface area contributed by atoms with Crippen LogP contribution in [0.15, 0.2) is 33.8 Å². The molecule has 0 aliphatic heterocycles. The number of nitrogens with zero attached hydrogens (tertiary/aromatic N) is 4. The lowest BCUT2D eigenvalue weighted by Crippen LogP contribution is -2.21. The minimum Gasteiger partial charge on any atom is -0.377 e. The minimum absolute atomic E-state index is 0.129. The van der Waals surface area contributed by atoms with Crippen molar-refractivity contribution in [2.45, 2.75) is 20.1 Å². The van der Waals surface area contributed by atoms with Crippen LogP contribution in [0, 0.1) is 6.92 Å². The van der Waals surface area contributed by atoms with Gasteiger partial charge in [0.25, 0.3) is 5.56 Å². The molecule has 0 radical (unpaired) electrons. The molecule has 0 atom stereocenters. The third-order valence-corrected chi connectivity index (χ3v) is 3.07. The van der Waals surface area contributed by atoms with Crippen molar-refractivity contribution in [2.24, 2.45) is 0 Å². The smallest absolute Gasteiger partial charge is 0.261 e. The van der Waals surface area contributed by atoms with Gasteiger partial charge in [-0.3, -0.25) is 9.36 Å². The quantitative estimate of drug-likeness (QED) is 0.718. The SMILES string of the molecule is COCc1noc(Cn2cnc3ccc(C)cc3c2=O)n1. The first-order chi connectivity index (χ1) is 10.2. The van der Waals surface area contributed by atoms with Crippen LogP contribution in [0.4, 0.5) is 0 Å². The van der Waals surface area contributed by atoms with Crippen molar-refractivity contribution in [3.8, 4) is 0 Å². The zero-order valence-corrected chi connectivity index (χ0v) is 11.7. The van der Waals surface area contributed by atoms with Gasteiger partial charge in [0.1, 0.15) is 13.2 Å². The van der Waals surface area contributed by atoms with Crippen LogP contribution >= 0.6 is 0 Å². The van der Waals surface area contributed by atoms with Gasteiger partial charge in [0, 0.05) is 7.11 Å². The molecule has 0 N–H and O–H groups in total. The number of rotatable bonds is 4. The van der Waals surface area contributed by atoms with E-state index in [0.717, 1.165) is 5.56 Å². The number of hydrogen-bond acceptors (Lipinski definition) is 6. The summed E-state index contributed by atoms with van der Waals surface area (Å²) in [4.78, 5) is 20.8. The summed E-state index contributed by atoms with van der Waals surface area (Å²) in [5.41, 5.74) is 1.56. The molecule has 0 saturated heterocycles. The summed E-state index contributed by atoms with van der Waals surface area (Å²) in [5, 5.41) is 4.34. The Balaban J connectivity index is 1.96. The molecule has 7 nitrogen and oxygen atoms in total. The third-order valence-electron chi connectivity index (χ3n) is 3.07. The maximum atomic E-state index is 12.4. The molecule has 0 aliphatic rings. The number of benzene rings is 1. The summed E-state index contributed by atoms with van der Waals surface area (Å²) in [5.74, 6) is 0.795. The predicted octanol–water partition coefficient (Wildman–Crippen LogP) is 1.28. The van der Waals surface area contributed by atoms with E-state index in [1.54, 1.807) is 7.11 Å². The number of aromatic nitrogens is 4. The van der Waals surface area contributed by atoms with E-state index in [4.69, 9.17) is 9.26 Å². The standard InChI is InChI=1S/C14H14N4O3/c1-9-3-4-11-10(5-9)14(19)18(8-15-11)6-13-16-12(7-20-2)17-21-13/h3-5,8H,6-7H2,1-2H3. The zero-order chi connectivity index (χ0) is 14.8. The van der Waals surface area contributed by atoms with Gasteiger partial charge in [0.15, 0.2) is 5.82 Å². The second-order valence-electron chi connectivity index (χ2n) is 4.74. The van der Waals surface area contributed by atoms with Crippen LogP contribution in [0.5, 0.6) is 0 Å². The summed E-state index contributed by atoms with van der Waals surface area (Å²) in [6.45, 7) is 2.39. The van der Waals surface area contributed by atoms with Gasteiger partial charge >= 0.3 is 0 Å². The highest BCUT2D eigenvalue weighted by molar-refractivity contribution is 5.77. The Kier molecular flexibility index (Phi) is 3.49. The van der Waals surface area contributed by atoms with Crippen LogP contribution in [0.1, 0.15) is 17.3 Å². The van der Waals surface area contributed by atoms with Crippen molar-refractivity contribution in [2.75, 3.05) is 7.11 Å². The first kappa shape index (κ1) is 13.4. The van der Waals surface area contributed by atoms with Crippen molar-refractivity contribution in [1.29, 1.82) is 0 Å². The topological polar surface area (TPSA) is 83.0 Å². The molecule has 1 aromatic carbocycles. The molecule has 3 aromatic rings. The van der Waals surface area contributed by atoms with E-state index in [9.17, 15) is 4.79 Å². The van der Waals surface area contributed by atoms with Crippen LogP contribution in [-0.4, -0.2) is 26.8 Å². The molecular weight excluding hydrogens is 272 g/mol. The van der Waals surface area contributed by atoms with Crippen LogP contribution in [0.25, 0.3) is 10.9 Å². The monoisotopic (exact) mass is 286 g/mol. The molecule has 0 amide bonds. The first-order valence-corrected chi connectivity index (χ1v) is 6.43. The molecule has 0 aliphatic carbocycles. The van der Waals surface area contributed by atoms with Crippen LogP contribution in [0.3, 0.4) is 0 Å². The molecule has 21 heavy (non-hydrogen) atoms. The highest BCUT2D eigenvalue weighted by Crippen LogP contribution is 2.09. The van der Waals surface area contributed by atoms with E-state index in [2.05, 4.69) is 15.1 Å². The molecule has 108 valence electrons. The number of methoxy groups -OCH3 is 1. The molecule has 7 heteroatoms. The highest BCUT2D eigenvalue weighted by atomic mass is 16.5. The van der Waals surface area contributed by atoms with Gasteiger partial charge in [-0.2, -0.15) is 4.98 Å². The molecule has 0 unspecified atom stereocenters. The summed E-state index contributed by atoms with van der Waals surface area (Å²) in [6, 6.07) is 5.58. The first-order valence-electron chi connectivity index (χ1n) is 6.43. The lowest BCUT2D eigenvalue weighted by molar-refractivity contribution is 0.174. The Hall–Kier alpha value is -2.54. The lowest BCUT2D eigenvalue weighted by Gasteiger charge is -2.04. The van der Waals surface area contributed by atoms with Crippen molar-refractivity contribution < 1.29 is 9.26 Å². The van der Waals surface area contributed by atoms with Crippen molar-refractivity contribution >= 4 is 10.9 Å². The molecule has 2 heterocycles. The van der Waals surface area contributed by atoms with Gasteiger partial charge in [-0.05, 0) is 19.1 Å². The number of fused-ring (bicyclic) bond motifs is 1. The number of ether oxygens (including phenoxy) is 1. The summed E-state index contributed by atoms with van der Waals surface area (Å²) >= 11 is 0. The van der Waals surface area contributed by atoms with Gasteiger partial charge in [0.05, 0.1) is 17.2 Å². The Bertz CT molecular complexity index is 838. The van der Waals surface area contributed by atoms with E-state index in [1.807, 2.05) is 25.1 Å². The maximum absolute atomic E-state index is 12.4. The lowest BCUT2D eigenvalue weighted by atomic mass is 10.2. The van der Waals surface area contributed by atoms with Crippen molar-refractivity contribution in [3.63, 3.8) is 0 Å². The average molecular weight is 286 g/mol. The van der Waals surface area contributed by atoms with E-state index in [-0.39, 0.29) is 18.7 Å². The maximum Gasteiger partial charge on any atom is 0.261 e. The van der Waals surface area contributed by atoms with Gasteiger partial charge in [-0.1, -0.05) is 16.8 Å². The van der Waals surface area contributed by atoms with Gasteiger partial charge in [0.2, 0.25) is 5.89 Å². The van der Waals surface area contributed by atoms with Crippen molar-refractivity contribution in [1.82, 2.24) is 19.7 Å². The van der Waals surface area contributed by atoms with Crippen LogP contribution in [-0.2, 0) is 17.9 Å². The Morgan fingerprint density at radius 2 is 2.24 bits per heavy atom. The zero-order valence-electron chi connectivity index (χ0n) is 11.7. The molecular formula is C14H14N4O3. The molecule has 3 rings (SSSR count). The van der Waals surface area contributed by atoms with Gasteiger partial charge in [-0.15, -0.1) is 0 Å². The summed E-state index contributed by atoms with van der Waals surface area (Å²) < 4.78 is 11.5. The normalized spacial score (nSPS) is 11.1. The summed E-state index contributed by atoms with van der Waals surface area (Å²) in [7, 11) is 1.55. The second-order valence-corrected chi connectivity index (χ2v) is 4.74. The summed E-state index contributed by atoms with van der Waals surface area (Å²) in [6.07, 6.45) is 1.49. The highest BCUT2D eigenvalue weighted by Gasteiger charge is 2.10. The Morgan fingerprint density at radius 3 is 3.05 bits per heavy atom. The number of aryl methyl sites for hydroxylation is 1. The third kappa shape index (κ3) is 2.68. The molecule has 0 bridgehead atoms. The van der Waals surface area contributed by atoms with Crippen molar-refractivity contribution in [3.05, 3.63) is 52.2 Å². The minimum atomic E-state index is -0.129. The fourth-order valence-corrected chi connectivity index (χ4v) is 2.07. The fourth-order valence-electron chi connectivity index (χ4n) is 2.07. The van der Waals surface area contributed by atoms with Gasteiger partial charge in [-0.25, -0.2) is 4.98 Å². The number of hydrogen-bond donors (Lipinski definition) is 0. The predicted molar refractivity (Wildman–Crippen MR) is 74.9 cm³/mol. The van der Waals surface area contributed by atoms with E-state index in [0.29, 0.717) is 22.6 Å². The average Bonchev–Trinajstić information content (AvgIpc) is 2.90. The van der Waals surface area contributed by atoms with E-state index in [1.165, 1.54) is 10.9 Å². The van der Waals surface area contributed by atoms with Crippen LogP contribution in [0.2, 0.25) is 0 Å². The molecule has 0 saturated carbocycles. The molecule has 2 aromatic heterocycles.